The third-order valence-corrected chi connectivity index (χ3v) is 5.73. The average Bonchev–Trinajstić information content (AvgIpc) is 3.23. The number of nitrogens with zero attached hydrogens (tertiary/aromatic N) is 3. The first kappa shape index (κ1) is 22.8. The van der Waals surface area contributed by atoms with Crippen molar-refractivity contribution in [3.63, 3.8) is 0 Å². The highest BCUT2D eigenvalue weighted by atomic mass is 79.9. The minimum atomic E-state index is -0.309. The normalized spacial score (nSPS) is 14.9. The number of fused-ring (bicyclic) bond motifs is 1. The molecule has 2 heterocycles. The quantitative estimate of drug-likeness (QED) is 0.494. The number of anilines is 2. The van der Waals surface area contributed by atoms with Gasteiger partial charge in [0.05, 0.1) is 19.1 Å². The Hall–Kier alpha value is -3.40. The summed E-state index contributed by atoms with van der Waals surface area (Å²) < 4.78 is 14.2. The maximum Gasteiger partial charge on any atom is 0.262 e. The molecule has 0 radical (unpaired) electrons. The van der Waals surface area contributed by atoms with E-state index in [4.69, 9.17) is 9.47 Å². The molecule has 1 aliphatic heterocycles. The van der Waals surface area contributed by atoms with Crippen molar-refractivity contribution >= 4 is 39.4 Å². The van der Waals surface area contributed by atoms with Crippen LogP contribution in [0.3, 0.4) is 0 Å². The molecule has 0 unspecified atom stereocenters. The Kier molecular flexibility index (Phi) is 6.64. The van der Waals surface area contributed by atoms with Crippen molar-refractivity contribution in [2.75, 3.05) is 23.8 Å². The molecular formula is C23H24BrN5O4. The monoisotopic (exact) mass is 513 g/mol. The van der Waals surface area contributed by atoms with Crippen LogP contribution in [0.2, 0.25) is 0 Å². The third-order valence-electron chi connectivity index (χ3n) is 5.27. The zero-order valence-corrected chi connectivity index (χ0v) is 20.1. The molecule has 0 saturated heterocycles. The summed E-state index contributed by atoms with van der Waals surface area (Å²) in [7, 11) is 0. The number of nitrogens with one attached hydrogen (secondary N) is 2. The molecule has 0 aliphatic carbocycles. The molecule has 1 atom stereocenters. The zero-order chi connectivity index (χ0) is 23.5. The molecule has 1 aliphatic rings. The number of rotatable bonds is 7. The van der Waals surface area contributed by atoms with Crippen LogP contribution in [-0.4, -0.2) is 39.8 Å². The summed E-state index contributed by atoms with van der Waals surface area (Å²) in [6.45, 7) is 5.99. The molecule has 0 fully saturated rings. The molecule has 33 heavy (non-hydrogen) atoms. The fourth-order valence-corrected chi connectivity index (χ4v) is 4.50. The van der Waals surface area contributed by atoms with Crippen LogP contribution in [0, 0.1) is 13.8 Å². The van der Waals surface area contributed by atoms with Gasteiger partial charge in [-0.3, -0.25) is 14.9 Å². The minimum absolute atomic E-state index is 0.131. The standard InChI is InChI=1S/C23H24BrN5O4/c1-4-32-19-9-15(17-10-20(30)28-23-25-12-26-29(17)23)5-6-18(19)33-11-21(31)27-22-13(2)7-16(24)8-14(22)3/h5-9,12,17H,4,10-11H2,1-3H3,(H,27,31)(H,25,26,28,30)/t17-/m0/s1. The first-order valence-corrected chi connectivity index (χ1v) is 11.3. The summed E-state index contributed by atoms with van der Waals surface area (Å²) in [5.41, 5.74) is 3.52. The summed E-state index contributed by atoms with van der Waals surface area (Å²) in [6.07, 6.45) is 1.64. The number of benzene rings is 2. The second-order valence-electron chi connectivity index (χ2n) is 7.69. The van der Waals surface area contributed by atoms with Gasteiger partial charge in [0.25, 0.3) is 5.91 Å². The van der Waals surface area contributed by atoms with Crippen molar-refractivity contribution in [3.8, 4) is 11.5 Å². The molecule has 4 rings (SSSR count). The zero-order valence-electron chi connectivity index (χ0n) is 18.5. The lowest BCUT2D eigenvalue weighted by Gasteiger charge is -2.24. The van der Waals surface area contributed by atoms with E-state index in [1.807, 2.05) is 45.0 Å². The van der Waals surface area contributed by atoms with Crippen LogP contribution >= 0.6 is 15.9 Å². The summed E-state index contributed by atoms with van der Waals surface area (Å²) in [5, 5.41) is 9.85. The number of ether oxygens (including phenoxy) is 2. The van der Waals surface area contributed by atoms with E-state index in [0.29, 0.717) is 24.1 Å². The maximum atomic E-state index is 12.6. The van der Waals surface area contributed by atoms with Crippen molar-refractivity contribution in [3.05, 3.63) is 57.8 Å². The number of halogens is 1. The van der Waals surface area contributed by atoms with Gasteiger partial charge in [0.2, 0.25) is 11.9 Å². The average molecular weight is 514 g/mol. The van der Waals surface area contributed by atoms with Gasteiger partial charge < -0.3 is 14.8 Å². The van der Waals surface area contributed by atoms with Gasteiger partial charge in [-0.05, 0) is 61.7 Å². The van der Waals surface area contributed by atoms with Gasteiger partial charge in [-0.25, -0.2) is 4.68 Å². The SMILES string of the molecule is CCOc1cc([C@@H]2CC(=O)Nc3ncnn32)ccc1OCC(=O)Nc1c(C)cc(Br)cc1C. The molecule has 9 nitrogen and oxygen atoms in total. The van der Waals surface area contributed by atoms with Gasteiger partial charge in [0.1, 0.15) is 6.33 Å². The third kappa shape index (κ3) is 5.00. The molecule has 2 aromatic carbocycles. The fraction of sp³-hybridized carbons (Fsp3) is 0.304. The lowest BCUT2D eigenvalue weighted by atomic mass is 10.0. The summed E-state index contributed by atoms with van der Waals surface area (Å²) >= 11 is 3.46. The molecule has 2 N–H and O–H groups in total. The number of amides is 2. The van der Waals surface area contributed by atoms with Gasteiger partial charge in [-0.2, -0.15) is 10.1 Å². The van der Waals surface area contributed by atoms with E-state index in [9.17, 15) is 9.59 Å². The predicted octanol–water partition coefficient (Wildman–Crippen LogP) is 4.01. The molecule has 0 bridgehead atoms. The Bertz CT molecular complexity index is 1190. The highest BCUT2D eigenvalue weighted by molar-refractivity contribution is 9.10. The van der Waals surface area contributed by atoms with E-state index < -0.39 is 0 Å². The van der Waals surface area contributed by atoms with Crippen LogP contribution in [0.15, 0.2) is 41.1 Å². The van der Waals surface area contributed by atoms with Crippen molar-refractivity contribution in [2.45, 2.75) is 33.2 Å². The number of carbonyl (C=O) groups is 2. The molecule has 10 heteroatoms. The molecule has 172 valence electrons. The largest absolute Gasteiger partial charge is 0.490 e. The van der Waals surface area contributed by atoms with E-state index >= 15 is 0 Å². The van der Waals surface area contributed by atoms with Gasteiger partial charge in [0.15, 0.2) is 18.1 Å². The molecule has 2 amide bonds. The molecule has 0 spiro atoms. The Balaban J connectivity index is 1.50. The molecular weight excluding hydrogens is 490 g/mol. The first-order chi connectivity index (χ1) is 15.9. The summed E-state index contributed by atoms with van der Waals surface area (Å²) in [4.78, 5) is 28.7. The Morgan fingerprint density at radius 2 is 1.97 bits per heavy atom. The summed E-state index contributed by atoms with van der Waals surface area (Å²) in [6, 6.07) is 8.98. The van der Waals surface area contributed by atoms with Gasteiger partial charge in [0, 0.05) is 10.2 Å². The van der Waals surface area contributed by atoms with E-state index in [0.717, 1.165) is 26.9 Å². The lowest BCUT2D eigenvalue weighted by molar-refractivity contribution is -0.118. The predicted molar refractivity (Wildman–Crippen MR) is 127 cm³/mol. The smallest absolute Gasteiger partial charge is 0.262 e. The van der Waals surface area contributed by atoms with E-state index in [1.165, 1.54) is 6.33 Å². The van der Waals surface area contributed by atoms with Crippen LogP contribution in [0.1, 0.15) is 36.1 Å². The highest BCUT2D eigenvalue weighted by Crippen LogP contribution is 2.35. The first-order valence-electron chi connectivity index (χ1n) is 10.5. The second kappa shape index (κ2) is 9.62. The fourth-order valence-electron chi connectivity index (χ4n) is 3.81. The number of hydrogen-bond donors (Lipinski definition) is 2. The van der Waals surface area contributed by atoms with Gasteiger partial charge in [-0.15, -0.1) is 0 Å². The topological polar surface area (TPSA) is 107 Å². The Labute approximate surface area is 199 Å². The van der Waals surface area contributed by atoms with Crippen molar-refractivity contribution < 1.29 is 19.1 Å². The van der Waals surface area contributed by atoms with Crippen LogP contribution in [-0.2, 0) is 9.59 Å². The van der Waals surface area contributed by atoms with Crippen molar-refractivity contribution in [1.29, 1.82) is 0 Å². The number of aromatic nitrogens is 3. The van der Waals surface area contributed by atoms with Gasteiger partial charge in [-0.1, -0.05) is 22.0 Å². The van der Waals surface area contributed by atoms with Crippen LogP contribution in [0.5, 0.6) is 11.5 Å². The van der Waals surface area contributed by atoms with E-state index in [1.54, 1.807) is 10.7 Å². The number of aryl methyl sites for hydroxylation is 2. The Morgan fingerprint density at radius 3 is 2.70 bits per heavy atom. The minimum Gasteiger partial charge on any atom is -0.490 e. The molecule has 0 saturated carbocycles. The maximum absolute atomic E-state index is 12.6. The number of carbonyl (C=O) groups excluding carboxylic acids is 2. The Morgan fingerprint density at radius 1 is 1.21 bits per heavy atom. The number of hydrogen-bond acceptors (Lipinski definition) is 6. The van der Waals surface area contributed by atoms with Crippen LogP contribution < -0.4 is 20.1 Å². The molecule has 1 aromatic heterocycles. The van der Waals surface area contributed by atoms with Crippen molar-refractivity contribution in [1.82, 2.24) is 14.8 Å². The molecule has 3 aromatic rings. The van der Waals surface area contributed by atoms with Crippen LogP contribution in [0.4, 0.5) is 11.6 Å². The second-order valence-corrected chi connectivity index (χ2v) is 8.60. The van der Waals surface area contributed by atoms with Crippen LogP contribution in [0.25, 0.3) is 0 Å². The summed E-state index contributed by atoms with van der Waals surface area (Å²) in [5.74, 6) is 0.940. The van der Waals surface area contributed by atoms with Crippen molar-refractivity contribution in [2.24, 2.45) is 0 Å². The van der Waals surface area contributed by atoms with E-state index in [2.05, 4.69) is 36.6 Å². The lowest BCUT2D eigenvalue weighted by Crippen LogP contribution is -2.29. The van der Waals surface area contributed by atoms with Gasteiger partial charge >= 0.3 is 0 Å². The highest BCUT2D eigenvalue weighted by Gasteiger charge is 2.28. The van der Waals surface area contributed by atoms with E-state index in [-0.39, 0.29) is 30.9 Å².